The number of thiazole rings is 1. The molecule has 8 N–H and O–H groups in total. The number of halogens is 1. The largest absolute Gasteiger partial charge is 0.478 e. The molecule has 1 fully saturated rings. The molecule has 3 atom stereocenters. The van der Waals surface area contributed by atoms with Gasteiger partial charge < -0.3 is 36.8 Å². The van der Waals surface area contributed by atoms with Gasteiger partial charge in [-0.15, -0.1) is 11.8 Å². The molecule has 0 saturated carbocycles. The van der Waals surface area contributed by atoms with Gasteiger partial charge in [0.15, 0.2) is 23.6 Å². The number of nitrogens with zero attached hydrogens (tertiary/aromatic N) is 4. The second kappa shape index (κ2) is 11.1. The maximum absolute atomic E-state index is 13.3. The first-order chi connectivity index (χ1) is 19.9. The number of hydrogen-bond donors (Lipinski definition) is 6. The van der Waals surface area contributed by atoms with Crippen LogP contribution in [0.3, 0.4) is 0 Å². The molecule has 0 aliphatic carbocycles. The number of aromatic amines is 1. The highest BCUT2D eigenvalue weighted by Crippen LogP contribution is 2.40. The van der Waals surface area contributed by atoms with Crippen LogP contribution in [0.4, 0.5) is 10.9 Å². The van der Waals surface area contributed by atoms with Gasteiger partial charge in [-0.05, 0) is 19.9 Å². The van der Waals surface area contributed by atoms with Crippen molar-refractivity contribution >= 4 is 86.1 Å². The van der Waals surface area contributed by atoms with E-state index >= 15 is 0 Å². The number of amides is 2. The second-order valence-electron chi connectivity index (χ2n) is 9.38. The van der Waals surface area contributed by atoms with Crippen LogP contribution in [-0.4, -0.2) is 77.8 Å². The average Bonchev–Trinajstić information content (AvgIpc) is 3.43. The van der Waals surface area contributed by atoms with Gasteiger partial charge >= 0.3 is 11.9 Å². The standard InChI is InChI=1S/C24H23ClN8O7S2/c1-8-15-11(28-18(8)26)4-3-5-32(15)6-10-7-41-21-14(20(35)33(21)16(10)23(38)39)29-19(34)13(31-40-9(2)22(36)37)12-17(25)42-24(27)30-12/h3-5,9,14,21H,6-7H2,1-2H3,(H7,26,27,28,29,30,34,36,37,38,39)/p+1/t9-,14?,21?/m0/s1. The molecule has 3 aromatic heterocycles. The van der Waals surface area contributed by atoms with Crippen LogP contribution in [0.15, 0.2) is 34.8 Å². The van der Waals surface area contributed by atoms with E-state index in [0.717, 1.165) is 32.8 Å². The minimum Gasteiger partial charge on any atom is -0.478 e. The van der Waals surface area contributed by atoms with E-state index in [1.807, 2.05) is 17.6 Å². The Labute approximate surface area is 250 Å². The third-order valence-corrected chi connectivity index (χ3v) is 9.11. The van der Waals surface area contributed by atoms with Gasteiger partial charge in [0.25, 0.3) is 11.8 Å². The quantitative estimate of drug-likeness (QED) is 0.0828. The molecule has 18 heteroatoms. The summed E-state index contributed by atoms with van der Waals surface area (Å²) in [7, 11) is 0. The number of carboxylic acids is 2. The Kier molecular flexibility index (Phi) is 7.74. The van der Waals surface area contributed by atoms with E-state index in [2.05, 4.69) is 20.4 Å². The van der Waals surface area contributed by atoms with Gasteiger partial charge in [-0.1, -0.05) is 28.1 Å². The molecule has 5 heterocycles. The molecule has 0 radical (unpaired) electrons. The Bertz CT molecular complexity index is 1720. The third kappa shape index (κ3) is 5.10. The van der Waals surface area contributed by atoms with Crippen LogP contribution in [0, 0.1) is 6.92 Å². The molecule has 2 aliphatic heterocycles. The number of rotatable bonds is 9. The molecule has 15 nitrogen and oxygen atoms in total. The summed E-state index contributed by atoms with van der Waals surface area (Å²) in [5, 5.41) is 24.7. The normalized spacial score (nSPS) is 19.4. The highest BCUT2D eigenvalue weighted by molar-refractivity contribution is 8.00. The van der Waals surface area contributed by atoms with Crippen molar-refractivity contribution in [3.63, 3.8) is 0 Å². The van der Waals surface area contributed by atoms with Crippen LogP contribution in [0.25, 0.3) is 11.0 Å². The smallest absolute Gasteiger partial charge is 0.352 e. The van der Waals surface area contributed by atoms with Crippen LogP contribution >= 0.6 is 34.7 Å². The van der Waals surface area contributed by atoms with E-state index in [9.17, 15) is 24.3 Å². The third-order valence-electron chi connectivity index (χ3n) is 6.69. The molecule has 2 unspecified atom stereocenters. The van der Waals surface area contributed by atoms with E-state index in [1.165, 1.54) is 18.7 Å². The minimum atomic E-state index is -1.41. The van der Waals surface area contributed by atoms with Crippen molar-refractivity contribution in [2.75, 3.05) is 17.2 Å². The summed E-state index contributed by atoms with van der Waals surface area (Å²) in [5.74, 6) is -3.44. The zero-order chi connectivity index (χ0) is 30.5. The molecule has 42 heavy (non-hydrogen) atoms. The molecule has 3 aromatic rings. The highest BCUT2D eigenvalue weighted by Gasteiger charge is 2.55. The summed E-state index contributed by atoms with van der Waals surface area (Å²) in [6.07, 6.45) is 0.395. The number of hydrogen-bond acceptors (Lipinski definition) is 11. The van der Waals surface area contributed by atoms with Crippen LogP contribution in [-0.2, 0) is 30.6 Å². The van der Waals surface area contributed by atoms with Gasteiger partial charge in [0, 0.05) is 17.4 Å². The van der Waals surface area contributed by atoms with Gasteiger partial charge in [0.05, 0.1) is 5.56 Å². The molecular weight excluding hydrogens is 612 g/mol. The first-order valence-electron chi connectivity index (χ1n) is 12.2. The summed E-state index contributed by atoms with van der Waals surface area (Å²) in [6.45, 7) is 3.25. The maximum atomic E-state index is 13.3. The highest BCUT2D eigenvalue weighted by atomic mass is 35.5. The van der Waals surface area contributed by atoms with Crippen molar-refractivity contribution in [1.29, 1.82) is 0 Å². The van der Waals surface area contributed by atoms with Crippen LogP contribution in [0.5, 0.6) is 0 Å². The average molecular weight is 636 g/mol. The molecule has 1 saturated heterocycles. The van der Waals surface area contributed by atoms with Crippen molar-refractivity contribution in [3.8, 4) is 0 Å². The number of aryl methyl sites for hydroxylation is 1. The maximum Gasteiger partial charge on any atom is 0.352 e. The van der Waals surface area contributed by atoms with E-state index in [-0.39, 0.29) is 33.2 Å². The Morgan fingerprint density at radius 1 is 1.38 bits per heavy atom. The summed E-state index contributed by atoms with van der Waals surface area (Å²) < 4.78 is 1.86. The number of nitrogen functional groups attached to an aromatic ring is 2. The molecule has 2 aliphatic rings. The lowest BCUT2D eigenvalue weighted by atomic mass is 10.0. The molecule has 0 bridgehead atoms. The first kappa shape index (κ1) is 29.2. The Morgan fingerprint density at radius 3 is 2.76 bits per heavy atom. The molecule has 220 valence electrons. The van der Waals surface area contributed by atoms with E-state index in [0.29, 0.717) is 11.4 Å². The van der Waals surface area contributed by atoms with Crippen LogP contribution in [0.1, 0.15) is 18.2 Å². The molecular formula is C24H24ClN8O7S2+. The van der Waals surface area contributed by atoms with Crippen molar-refractivity contribution < 1.29 is 38.8 Å². The second-order valence-corrected chi connectivity index (χ2v) is 12.1. The number of aromatic nitrogens is 3. The number of β-lactam (4-membered cyclic amide) rings is 1. The molecule has 0 aromatic carbocycles. The Balaban J connectivity index is 1.40. The van der Waals surface area contributed by atoms with Gasteiger partial charge in [0.2, 0.25) is 11.6 Å². The number of pyridine rings is 1. The number of nitrogens with one attached hydrogen (secondary N) is 2. The van der Waals surface area contributed by atoms with Crippen molar-refractivity contribution in [1.82, 2.24) is 20.2 Å². The number of nitrogens with two attached hydrogens (primary N) is 2. The lowest BCUT2D eigenvalue weighted by molar-refractivity contribution is -0.663. The topological polar surface area (TPSA) is 230 Å². The van der Waals surface area contributed by atoms with Gasteiger partial charge in [-0.25, -0.2) is 14.6 Å². The van der Waals surface area contributed by atoms with Crippen molar-refractivity contribution in [2.24, 2.45) is 5.16 Å². The molecule has 2 amide bonds. The lowest BCUT2D eigenvalue weighted by Crippen LogP contribution is -2.71. The number of thioether (sulfide) groups is 1. The molecule has 5 rings (SSSR count). The van der Waals surface area contributed by atoms with Crippen molar-refractivity contribution in [2.45, 2.75) is 37.9 Å². The number of anilines is 2. The van der Waals surface area contributed by atoms with Gasteiger partial charge in [-0.2, -0.15) is 4.57 Å². The van der Waals surface area contributed by atoms with Crippen LogP contribution < -0.4 is 21.4 Å². The predicted molar refractivity (Wildman–Crippen MR) is 154 cm³/mol. The zero-order valence-electron chi connectivity index (χ0n) is 22.0. The summed E-state index contributed by atoms with van der Waals surface area (Å²) >= 11 is 8.29. The van der Waals surface area contributed by atoms with E-state index in [4.69, 9.17) is 33.0 Å². The predicted octanol–water partition coefficient (Wildman–Crippen LogP) is 0.671. The first-order valence-corrected chi connectivity index (χ1v) is 14.5. The molecule has 0 spiro atoms. The van der Waals surface area contributed by atoms with E-state index < -0.39 is 47.0 Å². The fraction of sp³-hybridized carbons (Fsp3) is 0.292. The zero-order valence-corrected chi connectivity index (χ0v) is 24.3. The summed E-state index contributed by atoms with van der Waals surface area (Å²) in [4.78, 5) is 63.2. The fourth-order valence-corrected chi connectivity index (χ4v) is 6.88. The fourth-order valence-electron chi connectivity index (χ4n) is 4.62. The number of aliphatic carboxylic acids is 2. The number of carboxylic acid groups (broad SMARTS) is 2. The summed E-state index contributed by atoms with van der Waals surface area (Å²) in [5.41, 5.74) is 13.8. The number of oxime groups is 1. The SMILES string of the molecule is Cc1c(N)[nH]c2ccc[n+](CC3=C(C(=O)O)N4C(=O)C(NC(=O)C(=NO[C@@H](C)C(=O)O)c5nc(N)sc5Cl)C4SC3)c12. The van der Waals surface area contributed by atoms with Gasteiger partial charge in [0.1, 0.15) is 38.5 Å². The monoisotopic (exact) mass is 635 g/mol. The van der Waals surface area contributed by atoms with Gasteiger partial charge in [-0.3, -0.25) is 14.5 Å². The van der Waals surface area contributed by atoms with Crippen LogP contribution in [0.2, 0.25) is 4.34 Å². The number of carbonyl (C=O) groups is 4. The lowest BCUT2D eigenvalue weighted by Gasteiger charge is -2.49. The Hall–Kier alpha value is -4.35. The minimum absolute atomic E-state index is 0.00532. The van der Waals surface area contributed by atoms with E-state index in [1.54, 1.807) is 12.3 Å². The summed E-state index contributed by atoms with van der Waals surface area (Å²) in [6, 6.07) is 2.55. The van der Waals surface area contributed by atoms with Crippen molar-refractivity contribution in [3.05, 3.63) is 45.2 Å². The number of fused-ring (bicyclic) bond motifs is 2. The Morgan fingerprint density at radius 2 is 2.12 bits per heavy atom. The number of carbonyl (C=O) groups excluding carboxylic acids is 2. The number of H-pyrrole nitrogens is 1.